The number of aromatic nitrogens is 4. The standard InChI is InChI=1S/C17H13N5/c1-9-5-14-15(6-10(9)2)20-17(19-14)16-12-7-11(8-18)3-4-13(12)21-22-16/h3-7H,1-2H3,(H,19,20)(H,21,22). The van der Waals surface area contributed by atoms with E-state index >= 15 is 0 Å². The Balaban J connectivity index is 1.97. The lowest BCUT2D eigenvalue weighted by Crippen LogP contribution is -1.81. The van der Waals surface area contributed by atoms with Gasteiger partial charge in [0, 0.05) is 5.39 Å². The van der Waals surface area contributed by atoms with Crippen LogP contribution in [-0.2, 0) is 0 Å². The molecule has 0 aliphatic carbocycles. The number of imidazole rings is 1. The Kier molecular flexibility index (Phi) is 2.54. The molecule has 0 atom stereocenters. The number of nitrogens with one attached hydrogen (secondary N) is 2. The molecule has 0 saturated carbocycles. The normalized spacial score (nSPS) is 11.1. The number of hydrogen-bond donors (Lipinski definition) is 2. The molecule has 2 aromatic carbocycles. The van der Waals surface area contributed by atoms with E-state index in [2.05, 4.69) is 52.2 Å². The molecule has 2 aromatic heterocycles. The number of fused-ring (bicyclic) bond motifs is 2. The van der Waals surface area contributed by atoms with E-state index in [-0.39, 0.29) is 0 Å². The number of benzene rings is 2. The van der Waals surface area contributed by atoms with E-state index in [1.54, 1.807) is 6.07 Å². The maximum Gasteiger partial charge on any atom is 0.159 e. The Morgan fingerprint density at radius 2 is 1.86 bits per heavy atom. The molecular formula is C17H13N5. The summed E-state index contributed by atoms with van der Waals surface area (Å²) in [5.74, 6) is 0.710. The van der Waals surface area contributed by atoms with E-state index in [9.17, 15) is 0 Å². The number of nitriles is 1. The van der Waals surface area contributed by atoms with Gasteiger partial charge in [0.05, 0.1) is 28.2 Å². The second-order valence-corrected chi connectivity index (χ2v) is 5.48. The maximum atomic E-state index is 9.07. The quantitative estimate of drug-likeness (QED) is 0.561. The first-order valence-corrected chi connectivity index (χ1v) is 7.01. The van der Waals surface area contributed by atoms with Gasteiger partial charge in [0.1, 0.15) is 5.69 Å². The predicted octanol–water partition coefficient (Wildman–Crippen LogP) is 3.59. The molecule has 0 aliphatic heterocycles. The van der Waals surface area contributed by atoms with Gasteiger partial charge in [0.2, 0.25) is 0 Å². The Labute approximate surface area is 126 Å². The summed E-state index contributed by atoms with van der Waals surface area (Å²) in [4.78, 5) is 7.96. The summed E-state index contributed by atoms with van der Waals surface area (Å²) in [6.45, 7) is 4.16. The number of H-pyrrole nitrogens is 2. The SMILES string of the molecule is Cc1cc2nc(-c3n[nH]c4ccc(C#N)cc34)[nH]c2cc1C. The molecule has 0 radical (unpaired) electrons. The topological polar surface area (TPSA) is 81.2 Å². The summed E-state index contributed by atoms with van der Waals surface area (Å²) in [7, 11) is 0. The van der Waals surface area contributed by atoms with Crippen molar-refractivity contribution in [2.45, 2.75) is 13.8 Å². The van der Waals surface area contributed by atoms with Gasteiger partial charge in [0.25, 0.3) is 0 Å². The van der Waals surface area contributed by atoms with E-state index in [1.807, 2.05) is 12.1 Å². The third-order valence-electron chi connectivity index (χ3n) is 4.01. The second-order valence-electron chi connectivity index (χ2n) is 5.48. The molecule has 5 nitrogen and oxygen atoms in total. The second kappa shape index (κ2) is 4.43. The average molecular weight is 287 g/mol. The van der Waals surface area contributed by atoms with Crippen molar-refractivity contribution >= 4 is 21.9 Å². The molecule has 22 heavy (non-hydrogen) atoms. The summed E-state index contributed by atoms with van der Waals surface area (Å²) < 4.78 is 0. The molecule has 106 valence electrons. The smallest absolute Gasteiger partial charge is 0.159 e. The molecule has 0 bridgehead atoms. The zero-order valence-electron chi connectivity index (χ0n) is 12.2. The monoisotopic (exact) mass is 287 g/mol. The molecule has 4 aromatic rings. The van der Waals surface area contributed by atoms with Crippen LogP contribution in [0.5, 0.6) is 0 Å². The van der Waals surface area contributed by atoms with Crippen LogP contribution >= 0.6 is 0 Å². The first kappa shape index (κ1) is 12.6. The minimum absolute atomic E-state index is 0.609. The van der Waals surface area contributed by atoms with Gasteiger partial charge >= 0.3 is 0 Å². The molecule has 0 fully saturated rings. The van der Waals surface area contributed by atoms with Crippen molar-refractivity contribution in [1.82, 2.24) is 20.2 Å². The Bertz CT molecular complexity index is 1020. The summed E-state index contributed by atoms with van der Waals surface area (Å²) in [5.41, 5.74) is 6.58. The molecule has 2 heterocycles. The lowest BCUT2D eigenvalue weighted by atomic mass is 10.1. The minimum Gasteiger partial charge on any atom is -0.337 e. The van der Waals surface area contributed by atoms with E-state index in [0.29, 0.717) is 11.4 Å². The van der Waals surface area contributed by atoms with Crippen LogP contribution in [0, 0.1) is 25.2 Å². The van der Waals surface area contributed by atoms with Crippen LogP contribution in [0.4, 0.5) is 0 Å². The Hall–Kier alpha value is -3.13. The fourth-order valence-electron chi connectivity index (χ4n) is 2.65. The van der Waals surface area contributed by atoms with Crippen LogP contribution in [0.25, 0.3) is 33.5 Å². The van der Waals surface area contributed by atoms with Gasteiger partial charge in [0.15, 0.2) is 5.82 Å². The lowest BCUT2D eigenvalue weighted by molar-refractivity contribution is 1.11. The zero-order valence-corrected chi connectivity index (χ0v) is 12.2. The fourth-order valence-corrected chi connectivity index (χ4v) is 2.65. The zero-order chi connectivity index (χ0) is 15.3. The highest BCUT2D eigenvalue weighted by Crippen LogP contribution is 2.27. The van der Waals surface area contributed by atoms with Crippen LogP contribution in [0.1, 0.15) is 16.7 Å². The van der Waals surface area contributed by atoms with E-state index in [0.717, 1.165) is 27.6 Å². The summed E-state index contributed by atoms with van der Waals surface area (Å²) in [6.07, 6.45) is 0. The van der Waals surface area contributed by atoms with E-state index < -0.39 is 0 Å². The minimum atomic E-state index is 0.609. The highest BCUT2D eigenvalue weighted by Gasteiger charge is 2.13. The molecule has 2 N–H and O–H groups in total. The fraction of sp³-hybridized carbons (Fsp3) is 0.118. The number of hydrogen-bond acceptors (Lipinski definition) is 3. The Morgan fingerprint density at radius 1 is 1.05 bits per heavy atom. The van der Waals surface area contributed by atoms with Crippen LogP contribution < -0.4 is 0 Å². The average Bonchev–Trinajstić information content (AvgIpc) is 3.10. The van der Waals surface area contributed by atoms with Crippen LogP contribution in [0.3, 0.4) is 0 Å². The van der Waals surface area contributed by atoms with Crippen molar-refractivity contribution < 1.29 is 0 Å². The maximum absolute atomic E-state index is 9.07. The van der Waals surface area contributed by atoms with E-state index in [1.165, 1.54) is 11.1 Å². The van der Waals surface area contributed by atoms with Gasteiger partial charge in [-0.15, -0.1) is 0 Å². The largest absolute Gasteiger partial charge is 0.337 e. The number of aryl methyl sites for hydroxylation is 2. The molecule has 0 amide bonds. The highest BCUT2D eigenvalue weighted by atomic mass is 15.1. The Morgan fingerprint density at radius 3 is 2.68 bits per heavy atom. The summed E-state index contributed by atoms with van der Waals surface area (Å²) >= 11 is 0. The molecule has 0 unspecified atom stereocenters. The molecule has 4 rings (SSSR count). The third-order valence-corrected chi connectivity index (χ3v) is 4.01. The third kappa shape index (κ3) is 1.78. The number of nitrogens with zero attached hydrogens (tertiary/aromatic N) is 3. The molecule has 5 heteroatoms. The number of rotatable bonds is 1. The molecule has 0 spiro atoms. The van der Waals surface area contributed by atoms with Gasteiger partial charge in [-0.3, -0.25) is 5.10 Å². The van der Waals surface area contributed by atoms with Crippen molar-refractivity contribution in [2.24, 2.45) is 0 Å². The van der Waals surface area contributed by atoms with Crippen molar-refractivity contribution in [1.29, 1.82) is 5.26 Å². The van der Waals surface area contributed by atoms with Crippen molar-refractivity contribution in [2.75, 3.05) is 0 Å². The molecule has 0 saturated heterocycles. The highest BCUT2D eigenvalue weighted by molar-refractivity contribution is 5.93. The van der Waals surface area contributed by atoms with Gasteiger partial charge in [-0.05, 0) is 55.3 Å². The molecule has 0 aliphatic rings. The summed E-state index contributed by atoms with van der Waals surface area (Å²) in [5, 5.41) is 17.3. The first-order valence-electron chi connectivity index (χ1n) is 7.01. The van der Waals surface area contributed by atoms with Crippen molar-refractivity contribution in [3.63, 3.8) is 0 Å². The lowest BCUT2D eigenvalue weighted by Gasteiger charge is -1.97. The van der Waals surface area contributed by atoms with Crippen LogP contribution in [0.2, 0.25) is 0 Å². The number of aromatic amines is 2. The van der Waals surface area contributed by atoms with Gasteiger partial charge in [-0.25, -0.2) is 4.98 Å². The first-order chi connectivity index (χ1) is 10.7. The van der Waals surface area contributed by atoms with Gasteiger partial charge < -0.3 is 4.98 Å². The van der Waals surface area contributed by atoms with Gasteiger partial charge in [-0.2, -0.15) is 10.4 Å². The summed E-state index contributed by atoms with van der Waals surface area (Å²) in [6, 6.07) is 11.8. The van der Waals surface area contributed by atoms with E-state index in [4.69, 9.17) is 5.26 Å². The van der Waals surface area contributed by atoms with Crippen molar-refractivity contribution in [3.8, 4) is 17.6 Å². The van der Waals surface area contributed by atoms with Gasteiger partial charge in [-0.1, -0.05) is 0 Å². The van der Waals surface area contributed by atoms with Crippen molar-refractivity contribution in [3.05, 3.63) is 47.0 Å². The van der Waals surface area contributed by atoms with Crippen LogP contribution in [0.15, 0.2) is 30.3 Å². The van der Waals surface area contributed by atoms with Crippen LogP contribution in [-0.4, -0.2) is 20.2 Å². The molecular weight excluding hydrogens is 274 g/mol. The predicted molar refractivity (Wildman–Crippen MR) is 85.4 cm³/mol.